The van der Waals surface area contributed by atoms with Gasteiger partial charge in [-0.25, -0.2) is 4.79 Å². The second kappa shape index (κ2) is 9.59. The second-order valence-electron chi connectivity index (χ2n) is 10.8. The van der Waals surface area contributed by atoms with Crippen LogP contribution in [0.5, 0.6) is 5.75 Å². The Morgan fingerprint density at radius 3 is 2.27 bits per heavy atom. The molecule has 0 aliphatic carbocycles. The van der Waals surface area contributed by atoms with Crippen molar-refractivity contribution in [2.24, 2.45) is 11.3 Å². The van der Waals surface area contributed by atoms with Crippen molar-refractivity contribution in [3.63, 3.8) is 0 Å². The molecule has 30 heavy (non-hydrogen) atoms. The third-order valence-electron chi connectivity index (χ3n) is 6.45. The van der Waals surface area contributed by atoms with Crippen LogP contribution in [0.15, 0.2) is 24.3 Å². The first-order chi connectivity index (χ1) is 14.2. The molecule has 0 unspecified atom stereocenters. The summed E-state index contributed by atoms with van der Waals surface area (Å²) in [6.45, 7) is 16.2. The van der Waals surface area contributed by atoms with E-state index in [1.54, 1.807) is 0 Å². The lowest BCUT2D eigenvalue weighted by Gasteiger charge is -2.47. The van der Waals surface area contributed by atoms with E-state index < -0.39 is 0 Å². The first-order valence-corrected chi connectivity index (χ1v) is 11.7. The normalized spacial score (nSPS) is 19.9. The number of nitrogens with zero attached hydrogens (tertiary/aromatic N) is 2. The van der Waals surface area contributed by atoms with Crippen LogP contribution in [-0.2, 0) is 6.54 Å². The number of carbonyl (C=O) groups is 1. The van der Waals surface area contributed by atoms with E-state index in [0.29, 0.717) is 11.3 Å². The maximum atomic E-state index is 12.5. The predicted octanol–water partition coefficient (Wildman–Crippen LogP) is 4.91. The SMILES string of the molecule is CC(C)COc1ccccc1CN1CCC2(CC1)CCN(C(=O)NC(C)(C)C)CC2. The summed E-state index contributed by atoms with van der Waals surface area (Å²) in [6, 6.07) is 8.57. The fourth-order valence-electron chi connectivity index (χ4n) is 4.54. The van der Waals surface area contributed by atoms with E-state index in [2.05, 4.69) is 48.3 Å². The van der Waals surface area contributed by atoms with Crippen molar-refractivity contribution in [3.05, 3.63) is 29.8 Å². The molecule has 5 nitrogen and oxygen atoms in total. The third-order valence-corrected chi connectivity index (χ3v) is 6.45. The predicted molar refractivity (Wildman–Crippen MR) is 123 cm³/mol. The number of nitrogens with one attached hydrogen (secondary N) is 1. The Balaban J connectivity index is 1.49. The number of hydrogen-bond donors (Lipinski definition) is 1. The Hall–Kier alpha value is -1.75. The first-order valence-electron chi connectivity index (χ1n) is 11.7. The Labute approximate surface area is 183 Å². The summed E-state index contributed by atoms with van der Waals surface area (Å²) >= 11 is 0. The molecule has 3 rings (SSSR count). The highest BCUT2D eigenvalue weighted by molar-refractivity contribution is 5.75. The molecule has 1 aromatic rings. The van der Waals surface area contributed by atoms with E-state index in [0.717, 1.165) is 57.9 Å². The minimum absolute atomic E-state index is 0.0905. The highest BCUT2D eigenvalue weighted by Gasteiger charge is 2.38. The van der Waals surface area contributed by atoms with E-state index >= 15 is 0 Å². The smallest absolute Gasteiger partial charge is 0.317 e. The number of urea groups is 1. The van der Waals surface area contributed by atoms with E-state index in [4.69, 9.17) is 4.74 Å². The standard InChI is InChI=1S/C25H41N3O2/c1-20(2)19-30-22-9-7-6-8-21(22)18-27-14-10-25(11-15-27)12-16-28(17-13-25)23(29)26-24(3,4)5/h6-9,20H,10-19H2,1-5H3,(H,26,29). The van der Waals surface area contributed by atoms with Gasteiger partial charge in [-0.05, 0) is 76.9 Å². The van der Waals surface area contributed by atoms with Gasteiger partial charge in [0, 0.05) is 30.7 Å². The fraction of sp³-hybridized carbons (Fsp3) is 0.720. The Morgan fingerprint density at radius 2 is 1.67 bits per heavy atom. The van der Waals surface area contributed by atoms with Crippen molar-refractivity contribution in [3.8, 4) is 5.75 Å². The minimum Gasteiger partial charge on any atom is -0.493 e. The van der Waals surface area contributed by atoms with Gasteiger partial charge in [-0.15, -0.1) is 0 Å². The molecule has 0 radical (unpaired) electrons. The monoisotopic (exact) mass is 415 g/mol. The van der Waals surface area contributed by atoms with Crippen LogP contribution in [0.1, 0.15) is 65.9 Å². The van der Waals surface area contributed by atoms with Gasteiger partial charge in [-0.2, -0.15) is 0 Å². The third kappa shape index (κ3) is 6.37. The lowest BCUT2D eigenvalue weighted by Crippen LogP contribution is -2.53. The molecule has 0 saturated carbocycles. The van der Waals surface area contributed by atoms with Crippen molar-refractivity contribution < 1.29 is 9.53 Å². The van der Waals surface area contributed by atoms with E-state index in [1.165, 1.54) is 18.4 Å². The van der Waals surface area contributed by atoms with Gasteiger partial charge in [-0.1, -0.05) is 32.0 Å². The highest BCUT2D eigenvalue weighted by Crippen LogP contribution is 2.41. The van der Waals surface area contributed by atoms with Crippen LogP contribution in [0.4, 0.5) is 4.79 Å². The largest absolute Gasteiger partial charge is 0.493 e. The summed E-state index contributed by atoms with van der Waals surface area (Å²) in [4.78, 5) is 17.0. The number of benzene rings is 1. The number of rotatable bonds is 5. The topological polar surface area (TPSA) is 44.8 Å². The molecule has 1 aromatic carbocycles. The van der Waals surface area contributed by atoms with Crippen molar-refractivity contribution in [1.29, 1.82) is 0 Å². The zero-order chi connectivity index (χ0) is 21.8. The summed E-state index contributed by atoms with van der Waals surface area (Å²) in [7, 11) is 0. The fourth-order valence-corrected chi connectivity index (χ4v) is 4.54. The molecule has 5 heteroatoms. The zero-order valence-electron chi connectivity index (χ0n) is 19.7. The lowest BCUT2D eigenvalue weighted by atomic mass is 9.71. The molecule has 2 saturated heterocycles. The summed E-state index contributed by atoms with van der Waals surface area (Å²) in [6.07, 6.45) is 4.73. The van der Waals surface area contributed by atoms with Gasteiger partial charge in [0.05, 0.1) is 6.61 Å². The second-order valence-corrected chi connectivity index (χ2v) is 10.8. The molecular weight excluding hydrogens is 374 g/mol. The van der Waals surface area contributed by atoms with Crippen molar-refractivity contribution in [2.45, 2.75) is 72.4 Å². The molecule has 2 amide bonds. The number of ether oxygens (including phenoxy) is 1. The average molecular weight is 416 g/mol. The molecule has 2 aliphatic rings. The van der Waals surface area contributed by atoms with Gasteiger partial charge >= 0.3 is 6.03 Å². The van der Waals surface area contributed by atoms with Crippen LogP contribution in [0, 0.1) is 11.3 Å². The van der Waals surface area contributed by atoms with Gasteiger partial charge in [-0.3, -0.25) is 4.90 Å². The number of likely N-dealkylation sites (tertiary alicyclic amines) is 2. The zero-order valence-corrected chi connectivity index (χ0v) is 19.7. The number of carbonyl (C=O) groups excluding carboxylic acids is 1. The quantitative estimate of drug-likeness (QED) is 0.743. The van der Waals surface area contributed by atoms with Gasteiger partial charge in [0.25, 0.3) is 0 Å². The molecular formula is C25H41N3O2. The van der Waals surface area contributed by atoms with Gasteiger partial charge in [0.1, 0.15) is 5.75 Å². The van der Waals surface area contributed by atoms with Gasteiger partial charge in [0.15, 0.2) is 0 Å². The summed E-state index contributed by atoms with van der Waals surface area (Å²) < 4.78 is 6.05. The van der Waals surface area contributed by atoms with Crippen LogP contribution in [0.25, 0.3) is 0 Å². The van der Waals surface area contributed by atoms with Crippen LogP contribution < -0.4 is 10.1 Å². The van der Waals surface area contributed by atoms with E-state index in [9.17, 15) is 4.79 Å². The molecule has 1 N–H and O–H groups in total. The molecule has 2 heterocycles. The summed E-state index contributed by atoms with van der Waals surface area (Å²) in [5, 5.41) is 3.10. The van der Waals surface area contributed by atoms with E-state index in [1.807, 2.05) is 25.7 Å². The molecule has 0 bridgehead atoms. The van der Waals surface area contributed by atoms with Crippen molar-refractivity contribution >= 4 is 6.03 Å². The highest BCUT2D eigenvalue weighted by atomic mass is 16.5. The summed E-state index contributed by atoms with van der Waals surface area (Å²) in [5.41, 5.74) is 1.54. The molecule has 2 fully saturated rings. The maximum absolute atomic E-state index is 12.5. The Kier molecular flexibility index (Phi) is 7.33. The van der Waals surface area contributed by atoms with Crippen molar-refractivity contribution in [1.82, 2.24) is 15.1 Å². The van der Waals surface area contributed by atoms with Crippen LogP contribution in [0.2, 0.25) is 0 Å². The number of piperidine rings is 2. The number of hydrogen-bond acceptors (Lipinski definition) is 3. The molecule has 1 spiro atoms. The number of para-hydroxylation sites is 1. The molecule has 2 aliphatic heterocycles. The Morgan fingerprint density at radius 1 is 1.07 bits per heavy atom. The lowest BCUT2D eigenvalue weighted by molar-refractivity contribution is 0.0413. The average Bonchev–Trinajstić information content (AvgIpc) is 2.68. The Bertz CT molecular complexity index is 693. The van der Waals surface area contributed by atoms with Gasteiger partial charge in [0.2, 0.25) is 0 Å². The van der Waals surface area contributed by atoms with Crippen molar-refractivity contribution in [2.75, 3.05) is 32.8 Å². The molecule has 168 valence electrons. The number of amides is 2. The van der Waals surface area contributed by atoms with E-state index in [-0.39, 0.29) is 11.6 Å². The van der Waals surface area contributed by atoms with Gasteiger partial charge < -0.3 is 15.0 Å². The van der Waals surface area contributed by atoms with Crippen LogP contribution in [-0.4, -0.2) is 54.2 Å². The van der Waals surface area contributed by atoms with Crippen LogP contribution in [0.3, 0.4) is 0 Å². The first kappa shape index (κ1) is 22.9. The van der Waals surface area contributed by atoms with Crippen LogP contribution >= 0.6 is 0 Å². The molecule has 0 atom stereocenters. The minimum atomic E-state index is -0.174. The maximum Gasteiger partial charge on any atom is 0.317 e. The summed E-state index contributed by atoms with van der Waals surface area (Å²) in [5.74, 6) is 1.56. The molecule has 0 aromatic heterocycles.